The fourth-order valence-corrected chi connectivity index (χ4v) is 3.94. The molecule has 1 amide bonds. The van der Waals surface area contributed by atoms with Gasteiger partial charge in [0, 0.05) is 11.6 Å². The highest BCUT2D eigenvalue weighted by molar-refractivity contribution is 7.99. The molecule has 0 aliphatic carbocycles. The van der Waals surface area contributed by atoms with Crippen molar-refractivity contribution in [3.63, 3.8) is 0 Å². The Morgan fingerprint density at radius 2 is 1.94 bits per heavy atom. The largest absolute Gasteiger partial charge is 0.418 e. The van der Waals surface area contributed by atoms with E-state index in [1.807, 2.05) is 13.8 Å². The average molecular weight is 470 g/mol. The van der Waals surface area contributed by atoms with Crippen LogP contribution in [0.15, 0.2) is 52.4 Å². The van der Waals surface area contributed by atoms with Crippen molar-refractivity contribution in [3.05, 3.63) is 63.4 Å². The second kappa shape index (κ2) is 9.32. The number of halogens is 4. The number of rotatable bonds is 6. The summed E-state index contributed by atoms with van der Waals surface area (Å²) in [5.41, 5.74) is -1.14. The maximum absolute atomic E-state index is 13.2. The van der Waals surface area contributed by atoms with Gasteiger partial charge in [-0.2, -0.15) is 13.2 Å². The Balaban J connectivity index is 1.85. The number of anilines is 1. The molecule has 3 aromatic rings. The maximum atomic E-state index is 13.2. The highest BCUT2D eigenvalue weighted by Crippen LogP contribution is 2.36. The fourth-order valence-electron chi connectivity index (χ4n) is 2.96. The third-order valence-corrected chi connectivity index (χ3v) is 5.48. The van der Waals surface area contributed by atoms with E-state index in [0.717, 1.165) is 23.9 Å². The molecule has 5 nitrogen and oxygen atoms in total. The van der Waals surface area contributed by atoms with Crippen molar-refractivity contribution in [1.82, 2.24) is 9.55 Å². The second-order valence-corrected chi connectivity index (χ2v) is 8.62. The molecular weight excluding hydrogens is 451 g/mol. The van der Waals surface area contributed by atoms with Crippen LogP contribution in [-0.4, -0.2) is 21.2 Å². The topological polar surface area (TPSA) is 64.0 Å². The molecule has 3 rings (SSSR count). The van der Waals surface area contributed by atoms with Crippen LogP contribution in [0.2, 0.25) is 5.02 Å². The molecule has 0 bridgehead atoms. The van der Waals surface area contributed by atoms with E-state index in [4.69, 9.17) is 11.6 Å². The highest BCUT2D eigenvalue weighted by atomic mass is 35.5. The Morgan fingerprint density at radius 3 is 2.61 bits per heavy atom. The van der Waals surface area contributed by atoms with Crippen molar-refractivity contribution >= 4 is 45.9 Å². The van der Waals surface area contributed by atoms with Crippen molar-refractivity contribution in [2.45, 2.75) is 31.7 Å². The number of hydrogen-bond acceptors (Lipinski definition) is 4. The SMILES string of the molecule is CC(C)Cn1c(SCC(=O)Nc2ccc(Cl)cc2C(F)(F)F)nc2ccccc2c1=O. The predicted octanol–water partition coefficient (Wildman–Crippen LogP) is 5.46. The number of carbonyl (C=O) groups is 1. The van der Waals surface area contributed by atoms with E-state index >= 15 is 0 Å². The van der Waals surface area contributed by atoms with Gasteiger partial charge in [0.25, 0.3) is 5.56 Å². The van der Waals surface area contributed by atoms with Gasteiger partial charge in [-0.25, -0.2) is 4.98 Å². The first kappa shape index (κ1) is 23.1. The van der Waals surface area contributed by atoms with E-state index in [1.165, 1.54) is 10.6 Å². The van der Waals surface area contributed by atoms with Crippen molar-refractivity contribution in [3.8, 4) is 0 Å². The molecule has 31 heavy (non-hydrogen) atoms. The molecule has 0 saturated heterocycles. The number of nitrogens with one attached hydrogen (secondary N) is 1. The number of hydrogen-bond donors (Lipinski definition) is 1. The summed E-state index contributed by atoms with van der Waals surface area (Å²) in [5, 5.41) is 2.99. The Labute approximate surface area is 185 Å². The van der Waals surface area contributed by atoms with Crippen LogP contribution in [0.1, 0.15) is 19.4 Å². The summed E-state index contributed by atoms with van der Waals surface area (Å²) < 4.78 is 41.2. The van der Waals surface area contributed by atoms with E-state index < -0.39 is 17.6 Å². The summed E-state index contributed by atoms with van der Waals surface area (Å²) in [4.78, 5) is 29.7. The zero-order valence-corrected chi connectivity index (χ0v) is 18.2. The lowest BCUT2D eigenvalue weighted by molar-refractivity contribution is -0.137. The summed E-state index contributed by atoms with van der Waals surface area (Å²) in [6.07, 6.45) is -4.67. The quantitative estimate of drug-likeness (QED) is 0.385. The third-order valence-electron chi connectivity index (χ3n) is 4.27. The lowest BCUT2D eigenvalue weighted by Crippen LogP contribution is -2.26. The van der Waals surface area contributed by atoms with Crippen LogP contribution in [-0.2, 0) is 17.5 Å². The molecule has 0 radical (unpaired) electrons. The lowest BCUT2D eigenvalue weighted by atomic mass is 10.1. The molecule has 0 fully saturated rings. The van der Waals surface area contributed by atoms with Crippen molar-refractivity contribution in [2.75, 3.05) is 11.1 Å². The Kier molecular flexibility index (Phi) is 6.96. The fraction of sp³-hybridized carbons (Fsp3) is 0.286. The van der Waals surface area contributed by atoms with Gasteiger partial charge in [-0.05, 0) is 36.2 Å². The summed E-state index contributed by atoms with van der Waals surface area (Å²) in [6.45, 7) is 4.29. The normalized spacial score (nSPS) is 11.8. The minimum Gasteiger partial charge on any atom is -0.325 e. The van der Waals surface area contributed by atoms with Crippen LogP contribution in [0.25, 0.3) is 10.9 Å². The standard InChI is InChI=1S/C21H19ClF3N3O2S/c1-12(2)10-28-19(30)14-5-3-4-6-16(14)27-20(28)31-11-18(29)26-17-8-7-13(22)9-15(17)21(23,24)25/h3-9,12H,10-11H2,1-2H3,(H,26,29). The molecule has 0 aliphatic rings. The van der Waals surface area contributed by atoms with Crippen LogP contribution in [0.5, 0.6) is 0 Å². The Morgan fingerprint density at radius 1 is 1.23 bits per heavy atom. The van der Waals surface area contributed by atoms with E-state index in [2.05, 4.69) is 10.3 Å². The van der Waals surface area contributed by atoms with Gasteiger partial charge in [0.1, 0.15) is 0 Å². The number of fused-ring (bicyclic) bond motifs is 1. The number of alkyl halides is 3. The van der Waals surface area contributed by atoms with Gasteiger partial charge in [-0.1, -0.05) is 49.3 Å². The molecule has 0 atom stereocenters. The van der Waals surface area contributed by atoms with Crippen molar-refractivity contribution in [1.29, 1.82) is 0 Å². The third kappa shape index (κ3) is 5.59. The van der Waals surface area contributed by atoms with Crippen LogP contribution < -0.4 is 10.9 Å². The van der Waals surface area contributed by atoms with Crippen LogP contribution in [0.4, 0.5) is 18.9 Å². The molecule has 2 aromatic carbocycles. The van der Waals surface area contributed by atoms with Crippen molar-refractivity contribution in [2.24, 2.45) is 5.92 Å². The first-order valence-electron chi connectivity index (χ1n) is 9.35. The van der Waals surface area contributed by atoms with Gasteiger partial charge in [0.2, 0.25) is 5.91 Å². The molecule has 0 unspecified atom stereocenters. The van der Waals surface area contributed by atoms with Gasteiger partial charge in [-0.3, -0.25) is 14.2 Å². The van der Waals surface area contributed by atoms with Crippen LogP contribution in [0.3, 0.4) is 0 Å². The number of nitrogens with zero attached hydrogens (tertiary/aromatic N) is 2. The molecule has 1 N–H and O–H groups in total. The average Bonchev–Trinajstić information content (AvgIpc) is 2.69. The molecule has 1 aromatic heterocycles. The van der Waals surface area contributed by atoms with Crippen molar-refractivity contribution < 1.29 is 18.0 Å². The summed E-state index contributed by atoms with van der Waals surface area (Å²) in [5.74, 6) is -0.725. The number of carbonyl (C=O) groups excluding carboxylic acids is 1. The monoisotopic (exact) mass is 469 g/mol. The van der Waals surface area contributed by atoms with Gasteiger partial charge in [0.05, 0.1) is 27.9 Å². The van der Waals surface area contributed by atoms with Gasteiger partial charge in [0.15, 0.2) is 5.16 Å². The van der Waals surface area contributed by atoms with Gasteiger partial charge >= 0.3 is 6.18 Å². The molecule has 0 aliphatic heterocycles. The first-order chi connectivity index (χ1) is 14.6. The molecule has 0 spiro atoms. The molecule has 0 saturated carbocycles. The second-order valence-electron chi connectivity index (χ2n) is 7.25. The maximum Gasteiger partial charge on any atom is 0.418 e. The summed E-state index contributed by atoms with van der Waals surface area (Å²) >= 11 is 6.66. The predicted molar refractivity (Wildman–Crippen MR) is 117 cm³/mol. The summed E-state index contributed by atoms with van der Waals surface area (Å²) in [7, 11) is 0. The molecule has 164 valence electrons. The molecule has 10 heteroatoms. The van der Waals surface area contributed by atoms with Crippen LogP contribution >= 0.6 is 23.4 Å². The number of thioether (sulfide) groups is 1. The highest BCUT2D eigenvalue weighted by Gasteiger charge is 2.34. The lowest BCUT2D eigenvalue weighted by Gasteiger charge is -2.16. The smallest absolute Gasteiger partial charge is 0.325 e. The number of amides is 1. The minimum absolute atomic E-state index is 0.0854. The van der Waals surface area contributed by atoms with E-state index in [0.29, 0.717) is 22.6 Å². The van der Waals surface area contributed by atoms with Crippen LogP contribution in [0, 0.1) is 5.92 Å². The van der Waals surface area contributed by atoms with E-state index in [-0.39, 0.29) is 27.9 Å². The number of benzene rings is 2. The van der Waals surface area contributed by atoms with E-state index in [9.17, 15) is 22.8 Å². The zero-order chi connectivity index (χ0) is 22.8. The molecular formula is C21H19ClF3N3O2S. The first-order valence-corrected chi connectivity index (χ1v) is 10.7. The Bertz CT molecular complexity index is 1180. The molecule has 1 heterocycles. The Hall–Kier alpha value is -2.52. The zero-order valence-electron chi connectivity index (χ0n) is 16.7. The summed E-state index contributed by atoms with van der Waals surface area (Å²) in [6, 6.07) is 10.0. The van der Waals surface area contributed by atoms with E-state index in [1.54, 1.807) is 24.3 Å². The van der Waals surface area contributed by atoms with Gasteiger partial charge < -0.3 is 5.32 Å². The number of aromatic nitrogens is 2. The van der Waals surface area contributed by atoms with Gasteiger partial charge in [-0.15, -0.1) is 0 Å². The number of para-hydroxylation sites is 1. The minimum atomic E-state index is -4.67.